The summed E-state index contributed by atoms with van der Waals surface area (Å²) in [5.74, 6) is 0.749. The molecule has 0 fully saturated rings. The molecule has 0 aliphatic heterocycles. The van der Waals surface area contributed by atoms with Crippen LogP contribution < -0.4 is 15.8 Å². The number of nitrogen functional groups attached to an aromatic ring is 1. The third-order valence-corrected chi connectivity index (χ3v) is 2.62. The molecule has 0 amide bonds. The zero-order valence-electron chi connectivity index (χ0n) is 10.8. The smallest absolute Gasteiger partial charge is 0.167 e. The van der Waals surface area contributed by atoms with Gasteiger partial charge in [0.05, 0.1) is 6.61 Å². The van der Waals surface area contributed by atoms with Crippen molar-refractivity contribution in [1.29, 1.82) is 0 Å². The largest absolute Gasteiger partial charge is 0.491 e. The molecule has 0 saturated carbocycles. The summed E-state index contributed by atoms with van der Waals surface area (Å²) in [5, 5.41) is 3.00. The molecule has 0 radical (unpaired) electrons. The van der Waals surface area contributed by atoms with Gasteiger partial charge < -0.3 is 15.8 Å². The predicted molar refractivity (Wildman–Crippen MR) is 72.0 cm³/mol. The minimum atomic E-state index is -0.425. The zero-order valence-corrected chi connectivity index (χ0v) is 10.8. The van der Waals surface area contributed by atoms with Crippen LogP contribution in [0, 0.1) is 12.7 Å². The monoisotopic (exact) mass is 262 g/mol. The maximum Gasteiger partial charge on any atom is 0.167 e. The Kier molecular flexibility index (Phi) is 3.79. The molecule has 1 heterocycles. The molecule has 2 aromatic rings. The van der Waals surface area contributed by atoms with Crippen LogP contribution in [0.1, 0.15) is 12.5 Å². The first-order chi connectivity index (χ1) is 9.11. The topological polar surface area (TPSA) is 73.1 Å². The minimum Gasteiger partial charge on any atom is -0.491 e. The molecule has 100 valence electrons. The van der Waals surface area contributed by atoms with Gasteiger partial charge in [-0.15, -0.1) is 0 Å². The number of benzene rings is 1. The number of rotatable bonds is 4. The molecule has 6 heteroatoms. The molecule has 2 rings (SSSR count). The molecular weight excluding hydrogens is 247 g/mol. The van der Waals surface area contributed by atoms with E-state index in [4.69, 9.17) is 10.5 Å². The number of aromatic nitrogens is 2. The number of nitrogens with zero attached hydrogens (tertiary/aromatic N) is 2. The average Bonchev–Trinajstić information content (AvgIpc) is 2.38. The Morgan fingerprint density at radius 2 is 2.16 bits per heavy atom. The van der Waals surface area contributed by atoms with E-state index in [0.29, 0.717) is 23.9 Å². The van der Waals surface area contributed by atoms with E-state index in [0.717, 1.165) is 5.56 Å². The summed E-state index contributed by atoms with van der Waals surface area (Å²) in [5.41, 5.74) is 6.97. The average molecular weight is 262 g/mol. The van der Waals surface area contributed by atoms with Gasteiger partial charge >= 0.3 is 0 Å². The molecule has 0 spiro atoms. The van der Waals surface area contributed by atoms with Gasteiger partial charge in [-0.1, -0.05) is 0 Å². The number of hydrogen-bond donors (Lipinski definition) is 2. The summed E-state index contributed by atoms with van der Waals surface area (Å²) in [7, 11) is 0. The molecule has 1 aromatic heterocycles. The molecule has 0 saturated heterocycles. The fourth-order valence-corrected chi connectivity index (χ4v) is 1.58. The lowest BCUT2D eigenvalue weighted by Gasteiger charge is -2.11. The molecule has 19 heavy (non-hydrogen) atoms. The zero-order chi connectivity index (χ0) is 13.8. The van der Waals surface area contributed by atoms with E-state index < -0.39 is 5.82 Å². The van der Waals surface area contributed by atoms with E-state index in [1.807, 2.05) is 0 Å². The second kappa shape index (κ2) is 5.51. The highest BCUT2D eigenvalue weighted by Gasteiger charge is 2.07. The molecule has 0 bridgehead atoms. The Balaban J connectivity index is 2.24. The van der Waals surface area contributed by atoms with Gasteiger partial charge in [-0.05, 0) is 26.0 Å². The maximum atomic E-state index is 13.7. The maximum absolute atomic E-state index is 13.7. The van der Waals surface area contributed by atoms with Crippen molar-refractivity contribution in [2.24, 2.45) is 0 Å². The van der Waals surface area contributed by atoms with Crippen LogP contribution in [0.4, 0.5) is 21.7 Å². The van der Waals surface area contributed by atoms with Gasteiger partial charge in [0.15, 0.2) is 11.6 Å². The Morgan fingerprint density at radius 3 is 2.84 bits per heavy atom. The van der Waals surface area contributed by atoms with Crippen LogP contribution in [0.15, 0.2) is 24.5 Å². The molecule has 1 aromatic carbocycles. The Morgan fingerprint density at radius 1 is 1.37 bits per heavy atom. The molecule has 0 aliphatic rings. The van der Waals surface area contributed by atoms with Crippen LogP contribution in [0.2, 0.25) is 0 Å². The van der Waals surface area contributed by atoms with Crippen molar-refractivity contribution in [3.05, 3.63) is 35.9 Å². The van der Waals surface area contributed by atoms with Crippen LogP contribution in [-0.2, 0) is 0 Å². The summed E-state index contributed by atoms with van der Waals surface area (Å²) in [6.07, 6.45) is 1.36. The molecular formula is C13H15FN4O. The standard InChI is InChI=1S/C13H15FN4O/c1-3-19-11-5-4-9(6-10(11)14)18-13-8(2)12(15)16-7-17-13/h4-7H,3H2,1-2H3,(H3,15,16,17,18). The summed E-state index contributed by atoms with van der Waals surface area (Å²) >= 11 is 0. The molecule has 0 atom stereocenters. The van der Waals surface area contributed by atoms with Crippen molar-refractivity contribution in [3.63, 3.8) is 0 Å². The van der Waals surface area contributed by atoms with Gasteiger partial charge in [0.25, 0.3) is 0 Å². The first kappa shape index (κ1) is 13.1. The van der Waals surface area contributed by atoms with Gasteiger partial charge in [0.1, 0.15) is 18.0 Å². The summed E-state index contributed by atoms with van der Waals surface area (Å²) in [4.78, 5) is 7.94. The molecule has 0 aliphatic carbocycles. The molecule has 3 N–H and O–H groups in total. The van der Waals surface area contributed by atoms with Gasteiger partial charge in [-0.2, -0.15) is 0 Å². The highest BCUT2D eigenvalue weighted by molar-refractivity contribution is 5.63. The van der Waals surface area contributed by atoms with E-state index in [2.05, 4.69) is 15.3 Å². The summed E-state index contributed by atoms with van der Waals surface area (Å²) in [6.45, 7) is 4.02. The Hall–Kier alpha value is -2.37. The summed E-state index contributed by atoms with van der Waals surface area (Å²) < 4.78 is 18.8. The third-order valence-electron chi connectivity index (χ3n) is 2.62. The highest BCUT2D eigenvalue weighted by Crippen LogP contribution is 2.25. The van der Waals surface area contributed by atoms with Crippen molar-refractivity contribution in [1.82, 2.24) is 9.97 Å². The van der Waals surface area contributed by atoms with Crippen molar-refractivity contribution in [2.45, 2.75) is 13.8 Å². The number of nitrogens with one attached hydrogen (secondary N) is 1. The van der Waals surface area contributed by atoms with Gasteiger partial charge in [-0.25, -0.2) is 14.4 Å². The van der Waals surface area contributed by atoms with E-state index in [9.17, 15) is 4.39 Å². The van der Waals surface area contributed by atoms with Crippen LogP contribution in [-0.4, -0.2) is 16.6 Å². The minimum absolute atomic E-state index is 0.229. The quantitative estimate of drug-likeness (QED) is 0.886. The van der Waals surface area contributed by atoms with Gasteiger partial charge in [-0.3, -0.25) is 0 Å². The number of hydrogen-bond acceptors (Lipinski definition) is 5. The second-order valence-electron chi connectivity index (χ2n) is 3.94. The van der Waals surface area contributed by atoms with Crippen LogP contribution >= 0.6 is 0 Å². The van der Waals surface area contributed by atoms with Crippen molar-refractivity contribution < 1.29 is 9.13 Å². The normalized spacial score (nSPS) is 10.3. The number of ether oxygens (including phenoxy) is 1. The second-order valence-corrected chi connectivity index (χ2v) is 3.94. The van der Waals surface area contributed by atoms with Gasteiger partial charge in [0.2, 0.25) is 0 Å². The number of halogens is 1. The van der Waals surface area contributed by atoms with Crippen LogP contribution in [0.3, 0.4) is 0 Å². The fourth-order valence-electron chi connectivity index (χ4n) is 1.58. The molecule has 5 nitrogen and oxygen atoms in total. The van der Waals surface area contributed by atoms with E-state index >= 15 is 0 Å². The fraction of sp³-hybridized carbons (Fsp3) is 0.231. The summed E-state index contributed by atoms with van der Waals surface area (Å²) in [6, 6.07) is 4.63. The number of anilines is 3. The first-order valence-electron chi connectivity index (χ1n) is 5.88. The Bertz CT molecular complexity index is 589. The first-order valence-corrected chi connectivity index (χ1v) is 5.88. The van der Waals surface area contributed by atoms with Crippen molar-refractivity contribution >= 4 is 17.3 Å². The predicted octanol–water partition coefficient (Wildman–Crippen LogP) is 2.65. The van der Waals surface area contributed by atoms with Crippen molar-refractivity contribution in [2.75, 3.05) is 17.7 Å². The van der Waals surface area contributed by atoms with Crippen LogP contribution in [0.5, 0.6) is 5.75 Å². The lowest BCUT2D eigenvalue weighted by atomic mass is 10.2. The number of nitrogens with two attached hydrogens (primary N) is 1. The van der Waals surface area contributed by atoms with Crippen LogP contribution in [0.25, 0.3) is 0 Å². The lowest BCUT2D eigenvalue weighted by Crippen LogP contribution is -2.02. The Labute approximate surface area is 110 Å². The van der Waals surface area contributed by atoms with Crippen molar-refractivity contribution in [3.8, 4) is 5.75 Å². The van der Waals surface area contributed by atoms with E-state index in [-0.39, 0.29) is 5.75 Å². The van der Waals surface area contributed by atoms with Gasteiger partial charge in [0, 0.05) is 17.3 Å². The van der Waals surface area contributed by atoms with E-state index in [1.165, 1.54) is 12.4 Å². The third kappa shape index (κ3) is 2.90. The lowest BCUT2D eigenvalue weighted by molar-refractivity contribution is 0.321. The molecule has 0 unspecified atom stereocenters. The highest BCUT2D eigenvalue weighted by atomic mass is 19.1. The van der Waals surface area contributed by atoms with E-state index in [1.54, 1.807) is 26.0 Å². The SMILES string of the molecule is CCOc1ccc(Nc2ncnc(N)c2C)cc1F.